The lowest BCUT2D eigenvalue weighted by atomic mass is 10.1. The standard InChI is InChI=1S/C26H21FN6O2/c27-20-9-5-17(6-10-20)14-31-25(34)21-2-1-11-28-23(21)29-13-16-3-7-18(8-4-16)19-12-22-24(30-15-19)33-26(35)32-22/h1-12,15H,13-14H2,(H,28,29)(H,31,34)(H2,30,32,33,35). The number of carbonyl (C=O) groups excluding carboxylic acids is 1. The van der Waals surface area contributed by atoms with Crippen LogP contribution in [0, 0.1) is 5.82 Å². The first-order valence-electron chi connectivity index (χ1n) is 10.9. The van der Waals surface area contributed by atoms with Crippen LogP contribution in [-0.4, -0.2) is 25.8 Å². The van der Waals surface area contributed by atoms with Crippen LogP contribution in [-0.2, 0) is 13.1 Å². The molecule has 0 unspecified atom stereocenters. The summed E-state index contributed by atoms with van der Waals surface area (Å²) in [6.07, 6.45) is 3.33. The predicted octanol–water partition coefficient (Wildman–Crippen LogP) is 3.99. The van der Waals surface area contributed by atoms with Gasteiger partial charge in [0.2, 0.25) is 0 Å². The van der Waals surface area contributed by atoms with Gasteiger partial charge in [-0.05, 0) is 47.0 Å². The second-order valence-corrected chi connectivity index (χ2v) is 7.96. The smallest absolute Gasteiger partial charge is 0.325 e. The van der Waals surface area contributed by atoms with Gasteiger partial charge in [-0.3, -0.25) is 9.78 Å². The summed E-state index contributed by atoms with van der Waals surface area (Å²) in [6.45, 7) is 0.754. The highest BCUT2D eigenvalue weighted by atomic mass is 19.1. The molecule has 0 saturated heterocycles. The van der Waals surface area contributed by atoms with Crippen LogP contribution < -0.4 is 16.3 Å². The maximum Gasteiger partial charge on any atom is 0.325 e. The number of nitrogens with one attached hydrogen (secondary N) is 4. The van der Waals surface area contributed by atoms with Crippen LogP contribution in [0.5, 0.6) is 0 Å². The molecular formula is C26H21FN6O2. The van der Waals surface area contributed by atoms with E-state index in [1.54, 1.807) is 36.7 Å². The number of benzene rings is 2. The number of amides is 1. The van der Waals surface area contributed by atoms with Gasteiger partial charge in [-0.15, -0.1) is 0 Å². The summed E-state index contributed by atoms with van der Waals surface area (Å²) in [6, 6.07) is 19.2. The van der Waals surface area contributed by atoms with Crippen molar-refractivity contribution in [2.24, 2.45) is 0 Å². The zero-order chi connectivity index (χ0) is 24.2. The number of nitrogens with zero attached hydrogens (tertiary/aromatic N) is 2. The zero-order valence-corrected chi connectivity index (χ0v) is 18.5. The average Bonchev–Trinajstić information content (AvgIpc) is 3.26. The lowest BCUT2D eigenvalue weighted by Gasteiger charge is -2.12. The molecule has 5 aromatic rings. The number of hydrogen-bond donors (Lipinski definition) is 4. The van der Waals surface area contributed by atoms with Crippen molar-refractivity contribution in [2.45, 2.75) is 13.1 Å². The molecule has 5 rings (SSSR count). The largest absolute Gasteiger partial charge is 0.365 e. The van der Waals surface area contributed by atoms with Gasteiger partial charge in [0.1, 0.15) is 11.6 Å². The maximum absolute atomic E-state index is 13.1. The van der Waals surface area contributed by atoms with E-state index in [-0.39, 0.29) is 24.0 Å². The fourth-order valence-electron chi connectivity index (χ4n) is 3.69. The molecule has 0 aliphatic heterocycles. The van der Waals surface area contributed by atoms with E-state index in [1.165, 1.54) is 12.1 Å². The lowest BCUT2D eigenvalue weighted by Crippen LogP contribution is -2.24. The Morgan fingerprint density at radius 3 is 2.43 bits per heavy atom. The molecular weight excluding hydrogens is 447 g/mol. The third-order valence-corrected chi connectivity index (χ3v) is 5.53. The van der Waals surface area contributed by atoms with E-state index in [0.717, 1.165) is 22.3 Å². The Morgan fingerprint density at radius 1 is 0.886 bits per heavy atom. The van der Waals surface area contributed by atoms with E-state index in [9.17, 15) is 14.0 Å². The number of halogens is 1. The summed E-state index contributed by atoms with van der Waals surface area (Å²) in [5.41, 5.74) is 4.96. The molecule has 9 heteroatoms. The van der Waals surface area contributed by atoms with Crippen molar-refractivity contribution >= 4 is 22.9 Å². The van der Waals surface area contributed by atoms with E-state index >= 15 is 0 Å². The van der Waals surface area contributed by atoms with Crippen molar-refractivity contribution in [3.8, 4) is 11.1 Å². The SMILES string of the molecule is O=C(NCc1ccc(F)cc1)c1cccnc1NCc1ccc(-c2cnc3[nH]c(=O)[nH]c3c2)cc1. The molecule has 0 atom stereocenters. The fraction of sp³-hybridized carbons (Fsp3) is 0.0769. The minimum Gasteiger partial charge on any atom is -0.365 e. The van der Waals surface area contributed by atoms with Crippen LogP contribution in [0.1, 0.15) is 21.5 Å². The Bertz CT molecular complexity index is 1540. The highest BCUT2D eigenvalue weighted by Gasteiger charge is 2.12. The Morgan fingerprint density at radius 2 is 1.63 bits per heavy atom. The molecule has 2 aromatic carbocycles. The summed E-state index contributed by atoms with van der Waals surface area (Å²) in [5.74, 6) is -0.119. The number of fused-ring (bicyclic) bond motifs is 1. The van der Waals surface area contributed by atoms with Gasteiger partial charge in [0.25, 0.3) is 5.91 Å². The number of imidazole rings is 1. The van der Waals surface area contributed by atoms with Gasteiger partial charge in [0, 0.05) is 31.0 Å². The molecule has 0 spiro atoms. The molecule has 0 aliphatic carbocycles. The van der Waals surface area contributed by atoms with E-state index < -0.39 is 0 Å². The van der Waals surface area contributed by atoms with Crippen molar-refractivity contribution in [3.05, 3.63) is 112 Å². The normalized spacial score (nSPS) is 10.9. The number of aromatic nitrogens is 4. The average molecular weight is 468 g/mol. The van der Waals surface area contributed by atoms with E-state index in [4.69, 9.17) is 0 Å². The zero-order valence-electron chi connectivity index (χ0n) is 18.5. The third kappa shape index (κ3) is 5.09. The third-order valence-electron chi connectivity index (χ3n) is 5.53. The van der Waals surface area contributed by atoms with Crippen LogP contribution in [0.4, 0.5) is 10.2 Å². The van der Waals surface area contributed by atoms with Gasteiger partial charge < -0.3 is 15.6 Å². The van der Waals surface area contributed by atoms with Crippen LogP contribution in [0.3, 0.4) is 0 Å². The minimum absolute atomic E-state index is 0.272. The Balaban J connectivity index is 1.24. The van der Waals surface area contributed by atoms with Crippen molar-refractivity contribution in [2.75, 3.05) is 5.32 Å². The number of rotatable bonds is 7. The van der Waals surface area contributed by atoms with E-state index in [1.807, 2.05) is 30.3 Å². The molecule has 0 bridgehead atoms. The summed E-state index contributed by atoms with van der Waals surface area (Å²) in [4.78, 5) is 38.1. The van der Waals surface area contributed by atoms with E-state index in [0.29, 0.717) is 29.1 Å². The monoisotopic (exact) mass is 468 g/mol. The molecule has 0 saturated carbocycles. The van der Waals surface area contributed by atoms with Crippen LogP contribution in [0.15, 0.2) is 83.9 Å². The van der Waals surface area contributed by atoms with Gasteiger partial charge in [-0.25, -0.2) is 19.2 Å². The number of pyridine rings is 2. The molecule has 0 aliphatic rings. The molecule has 8 nitrogen and oxygen atoms in total. The van der Waals surface area contributed by atoms with Crippen LogP contribution >= 0.6 is 0 Å². The summed E-state index contributed by atoms with van der Waals surface area (Å²) >= 11 is 0. The molecule has 0 radical (unpaired) electrons. The molecule has 3 aromatic heterocycles. The topological polar surface area (TPSA) is 116 Å². The molecule has 0 fully saturated rings. The number of carbonyl (C=O) groups is 1. The minimum atomic E-state index is -0.318. The van der Waals surface area contributed by atoms with Crippen molar-refractivity contribution in [3.63, 3.8) is 0 Å². The van der Waals surface area contributed by atoms with Gasteiger partial charge in [0.15, 0.2) is 5.65 Å². The first-order valence-corrected chi connectivity index (χ1v) is 10.9. The molecule has 4 N–H and O–H groups in total. The number of aromatic amines is 2. The predicted molar refractivity (Wildman–Crippen MR) is 131 cm³/mol. The Labute approximate surface area is 199 Å². The maximum atomic E-state index is 13.1. The lowest BCUT2D eigenvalue weighted by molar-refractivity contribution is 0.0951. The van der Waals surface area contributed by atoms with Crippen molar-refractivity contribution in [1.29, 1.82) is 0 Å². The molecule has 35 heavy (non-hydrogen) atoms. The first kappa shape index (κ1) is 22.0. The van der Waals surface area contributed by atoms with Crippen molar-refractivity contribution < 1.29 is 9.18 Å². The van der Waals surface area contributed by atoms with Crippen LogP contribution in [0.25, 0.3) is 22.3 Å². The van der Waals surface area contributed by atoms with Crippen molar-refractivity contribution in [1.82, 2.24) is 25.3 Å². The van der Waals surface area contributed by atoms with Crippen LogP contribution in [0.2, 0.25) is 0 Å². The molecule has 174 valence electrons. The van der Waals surface area contributed by atoms with E-state index in [2.05, 4.69) is 30.6 Å². The second kappa shape index (κ2) is 9.60. The number of anilines is 1. The van der Waals surface area contributed by atoms with Gasteiger partial charge in [-0.2, -0.15) is 0 Å². The Kier molecular flexibility index (Phi) is 6.04. The number of hydrogen-bond acceptors (Lipinski definition) is 5. The van der Waals surface area contributed by atoms with Gasteiger partial charge in [0.05, 0.1) is 11.1 Å². The summed E-state index contributed by atoms with van der Waals surface area (Å²) < 4.78 is 13.1. The molecule has 1 amide bonds. The number of H-pyrrole nitrogens is 2. The molecule has 3 heterocycles. The fourth-order valence-corrected chi connectivity index (χ4v) is 3.69. The highest BCUT2D eigenvalue weighted by molar-refractivity contribution is 5.98. The van der Waals surface area contributed by atoms with Gasteiger partial charge in [-0.1, -0.05) is 36.4 Å². The summed E-state index contributed by atoms with van der Waals surface area (Å²) in [5, 5.41) is 6.07. The highest BCUT2D eigenvalue weighted by Crippen LogP contribution is 2.22. The second-order valence-electron chi connectivity index (χ2n) is 7.96. The Hall–Kier alpha value is -4.79. The van der Waals surface area contributed by atoms with Gasteiger partial charge >= 0.3 is 5.69 Å². The summed E-state index contributed by atoms with van der Waals surface area (Å²) in [7, 11) is 0. The first-order chi connectivity index (χ1) is 17.0. The quantitative estimate of drug-likeness (QED) is 0.288.